The topological polar surface area (TPSA) is 20.2 Å². The Kier molecular flexibility index (Phi) is 17.7. The molecular weight excluding hydrogens is 255 g/mol. The molecule has 0 heterocycles. The summed E-state index contributed by atoms with van der Waals surface area (Å²) in [6.07, 6.45) is 0. The first-order chi connectivity index (χ1) is 5.39. The summed E-state index contributed by atoms with van der Waals surface area (Å²) in [4.78, 5) is 0. The third kappa shape index (κ3) is 9.88. The number of hydrogen-bond donors (Lipinski definition) is 1. The Hall–Kier alpha value is -0.206. The van der Waals surface area contributed by atoms with E-state index in [0.717, 1.165) is 0 Å². The summed E-state index contributed by atoms with van der Waals surface area (Å²) in [5, 5.41) is 8.47. The first kappa shape index (κ1) is 19.4. The standard InChI is InChI=1S/C5H5O.C5H5.2ClH.Ti/c6-5-3-1-2-4-5;1-2-4-5-3-1;;;/h1-4,6H;1-5H;2*1H;/q2*-1;;;+4/p-2. The molecule has 4 heteroatoms. The van der Waals surface area contributed by atoms with Crippen LogP contribution in [-0.2, 0) is 21.7 Å². The maximum absolute atomic E-state index is 8.47. The zero-order valence-electron chi connectivity index (χ0n) is 7.40. The van der Waals surface area contributed by atoms with Crippen molar-refractivity contribution in [1.29, 1.82) is 0 Å². The van der Waals surface area contributed by atoms with Crippen LogP contribution < -0.4 is 24.8 Å². The van der Waals surface area contributed by atoms with Gasteiger partial charge >= 0.3 is 21.7 Å². The second-order valence-corrected chi connectivity index (χ2v) is 2.11. The summed E-state index contributed by atoms with van der Waals surface area (Å²) in [6, 6.07) is 16.9. The first-order valence-corrected chi connectivity index (χ1v) is 3.47. The van der Waals surface area contributed by atoms with Crippen molar-refractivity contribution in [3.05, 3.63) is 54.6 Å². The molecule has 0 fully saturated rings. The molecule has 1 nitrogen and oxygen atoms in total. The molecule has 0 radical (unpaired) electrons. The number of hydrogen-bond acceptors (Lipinski definition) is 1. The summed E-state index contributed by atoms with van der Waals surface area (Å²) >= 11 is 0. The predicted octanol–water partition coefficient (Wildman–Crippen LogP) is -3.48. The van der Waals surface area contributed by atoms with Crippen molar-refractivity contribution >= 4 is 0 Å². The van der Waals surface area contributed by atoms with E-state index in [-0.39, 0.29) is 46.5 Å². The van der Waals surface area contributed by atoms with Gasteiger partial charge in [-0.15, -0.1) is 12.1 Å². The SMILES string of the molecule is O[c-]1cccc1.[Cl-].[Cl-].[Ti+4].c1cc[cH-]c1. The average Bonchev–Trinajstić information content (AvgIpc) is 2.57. The van der Waals surface area contributed by atoms with Crippen molar-refractivity contribution < 1.29 is 51.6 Å². The van der Waals surface area contributed by atoms with Gasteiger partial charge < -0.3 is 29.9 Å². The Bertz CT molecular complexity index is 236. The van der Waals surface area contributed by atoms with Crippen LogP contribution in [0.25, 0.3) is 0 Å². The molecule has 0 aliphatic heterocycles. The minimum Gasteiger partial charge on any atom is -1.00 e. The fourth-order valence-corrected chi connectivity index (χ4v) is 0.685. The number of halogens is 2. The molecule has 0 saturated heterocycles. The van der Waals surface area contributed by atoms with Crippen LogP contribution in [0.5, 0.6) is 5.75 Å². The molecule has 1 N–H and O–H groups in total. The molecule has 0 unspecified atom stereocenters. The second kappa shape index (κ2) is 12.8. The van der Waals surface area contributed by atoms with Gasteiger partial charge in [0.05, 0.1) is 0 Å². The molecule has 74 valence electrons. The molecule has 0 aliphatic carbocycles. The van der Waals surface area contributed by atoms with Gasteiger partial charge in [-0.25, -0.2) is 24.3 Å². The molecule has 0 aliphatic rings. The summed E-state index contributed by atoms with van der Waals surface area (Å²) < 4.78 is 0. The smallest absolute Gasteiger partial charge is 1.00 e. The van der Waals surface area contributed by atoms with Crippen LogP contribution in [-0.4, -0.2) is 5.11 Å². The molecule has 2 aromatic carbocycles. The minimum atomic E-state index is 0. The summed E-state index contributed by atoms with van der Waals surface area (Å²) in [5.74, 6) is 0.343. The molecular formula is C10H10Cl2OTi. The van der Waals surface area contributed by atoms with Gasteiger partial charge in [0, 0.05) is 5.75 Å². The van der Waals surface area contributed by atoms with E-state index in [1.165, 1.54) is 0 Å². The Morgan fingerprint density at radius 1 is 0.857 bits per heavy atom. The molecule has 2 rings (SSSR count). The van der Waals surface area contributed by atoms with Gasteiger partial charge in [-0.2, -0.15) is 18.2 Å². The van der Waals surface area contributed by atoms with Gasteiger partial charge in [-0.3, -0.25) is 0 Å². The Morgan fingerprint density at radius 3 is 1.43 bits per heavy atom. The maximum atomic E-state index is 8.47. The zero-order chi connectivity index (χ0) is 7.94. The van der Waals surface area contributed by atoms with Crippen molar-refractivity contribution in [1.82, 2.24) is 0 Å². The Labute approximate surface area is 112 Å². The molecule has 2 aromatic rings. The zero-order valence-corrected chi connectivity index (χ0v) is 10.5. The van der Waals surface area contributed by atoms with Crippen molar-refractivity contribution in [3.63, 3.8) is 0 Å². The van der Waals surface area contributed by atoms with Gasteiger partial charge in [0.15, 0.2) is 0 Å². The summed E-state index contributed by atoms with van der Waals surface area (Å²) in [7, 11) is 0. The van der Waals surface area contributed by atoms with Gasteiger partial charge in [0.1, 0.15) is 0 Å². The first-order valence-electron chi connectivity index (χ1n) is 3.47. The van der Waals surface area contributed by atoms with E-state index in [9.17, 15) is 0 Å². The van der Waals surface area contributed by atoms with E-state index in [2.05, 4.69) is 0 Å². The van der Waals surface area contributed by atoms with E-state index in [4.69, 9.17) is 5.11 Å². The van der Waals surface area contributed by atoms with Crippen LogP contribution in [0, 0.1) is 0 Å². The van der Waals surface area contributed by atoms with Crippen molar-refractivity contribution in [2.75, 3.05) is 0 Å². The van der Waals surface area contributed by atoms with Crippen LogP contribution >= 0.6 is 0 Å². The second-order valence-electron chi connectivity index (χ2n) is 2.11. The summed E-state index contributed by atoms with van der Waals surface area (Å²) in [5.41, 5.74) is 0. The van der Waals surface area contributed by atoms with E-state index < -0.39 is 0 Å². The van der Waals surface area contributed by atoms with E-state index in [1.54, 1.807) is 24.3 Å². The van der Waals surface area contributed by atoms with E-state index in [0.29, 0.717) is 5.75 Å². The van der Waals surface area contributed by atoms with Crippen molar-refractivity contribution in [2.24, 2.45) is 0 Å². The van der Waals surface area contributed by atoms with Gasteiger partial charge in [0.25, 0.3) is 0 Å². The molecule has 0 amide bonds. The van der Waals surface area contributed by atoms with Crippen molar-refractivity contribution in [2.45, 2.75) is 0 Å². The molecule has 0 saturated carbocycles. The average molecular weight is 265 g/mol. The molecule has 0 spiro atoms. The molecule has 14 heavy (non-hydrogen) atoms. The largest absolute Gasteiger partial charge is 4.00 e. The fraction of sp³-hybridized carbons (Fsp3) is 0. The van der Waals surface area contributed by atoms with Crippen LogP contribution in [0.2, 0.25) is 0 Å². The maximum Gasteiger partial charge on any atom is 4.00 e. The minimum absolute atomic E-state index is 0. The Morgan fingerprint density at radius 2 is 1.29 bits per heavy atom. The van der Waals surface area contributed by atoms with E-state index in [1.807, 2.05) is 30.3 Å². The van der Waals surface area contributed by atoms with E-state index >= 15 is 0 Å². The third-order valence-corrected chi connectivity index (χ3v) is 1.20. The van der Waals surface area contributed by atoms with Gasteiger partial charge in [0.2, 0.25) is 0 Å². The Balaban J connectivity index is -0.000000144. The quantitative estimate of drug-likeness (QED) is 0.387. The number of rotatable bonds is 0. The van der Waals surface area contributed by atoms with Crippen LogP contribution in [0.4, 0.5) is 0 Å². The number of aromatic hydroxyl groups is 1. The molecule has 0 atom stereocenters. The van der Waals surface area contributed by atoms with Gasteiger partial charge in [-0.05, 0) is 0 Å². The monoisotopic (exact) mass is 264 g/mol. The van der Waals surface area contributed by atoms with Gasteiger partial charge in [-0.1, -0.05) is 0 Å². The van der Waals surface area contributed by atoms with Crippen LogP contribution in [0.1, 0.15) is 0 Å². The van der Waals surface area contributed by atoms with Crippen LogP contribution in [0.3, 0.4) is 0 Å². The fourth-order valence-electron chi connectivity index (χ4n) is 0.685. The summed E-state index contributed by atoms with van der Waals surface area (Å²) in [6.45, 7) is 0. The normalized spacial score (nSPS) is 6.57. The predicted molar refractivity (Wildman–Crippen MR) is 45.7 cm³/mol. The van der Waals surface area contributed by atoms with Crippen molar-refractivity contribution in [3.8, 4) is 5.75 Å². The molecule has 0 aromatic heterocycles. The van der Waals surface area contributed by atoms with Crippen LogP contribution in [0.15, 0.2) is 54.6 Å². The molecule has 0 bridgehead atoms. The third-order valence-electron chi connectivity index (χ3n) is 1.20.